The lowest BCUT2D eigenvalue weighted by molar-refractivity contribution is 0.734. The van der Waals surface area contributed by atoms with Crippen molar-refractivity contribution in [2.75, 3.05) is 5.32 Å². The second-order valence-corrected chi connectivity index (χ2v) is 5.69. The highest BCUT2D eigenvalue weighted by Crippen LogP contribution is 2.21. The van der Waals surface area contributed by atoms with Gasteiger partial charge in [0.25, 0.3) is 0 Å². The predicted molar refractivity (Wildman–Crippen MR) is 81.5 cm³/mol. The van der Waals surface area contributed by atoms with Gasteiger partial charge in [-0.2, -0.15) is 5.26 Å². The van der Waals surface area contributed by atoms with Crippen molar-refractivity contribution in [1.82, 2.24) is 0 Å². The summed E-state index contributed by atoms with van der Waals surface area (Å²) in [6, 6.07) is 12.7. The van der Waals surface area contributed by atoms with Crippen molar-refractivity contribution in [1.29, 1.82) is 5.26 Å². The van der Waals surface area contributed by atoms with E-state index in [1.165, 1.54) is 16.9 Å². The molecular weight excluding hydrogens is 252 g/mol. The number of nitrogens with one attached hydrogen (secondary N) is 1. The summed E-state index contributed by atoms with van der Waals surface area (Å²) >= 11 is 1.62. The highest BCUT2D eigenvalue weighted by Gasteiger charge is 2.03. The standard InChI is InChI=1S/C16H18N2S/c1-3-12(2)14-4-6-15(7-5-14)18-10-16-8-13(9-17)11-19-16/h4-8,11-12,18H,3,10H2,1-2H3. The molecule has 0 aliphatic heterocycles. The molecule has 3 heteroatoms. The van der Waals surface area contributed by atoms with Crippen LogP contribution in [0.25, 0.3) is 0 Å². The molecule has 1 aromatic heterocycles. The average Bonchev–Trinajstić information content (AvgIpc) is 2.93. The Morgan fingerprint density at radius 1 is 1.32 bits per heavy atom. The number of nitriles is 1. The summed E-state index contributed by atoms with van der Waals surface area (Å²) in [6.45, 7) is 5.23. The predicted octanol–water partition coefficient (Wildman–Crippen LogP) is 4.75. The van der Waals surface area contributed by atoms with Crippen molar-refractivity contribution in [3.05, 3.63) is 51.7 Å². The molecule has 0 aliphatic rings. The molecule has 0 saturated heterocycles. The summed E-state index contributed by atoms with van der Waals surface area (Å²) in [5.74, 6) is 0.615. The van der Waals surface area contributed by atoms with Crippen LogP contribution in [-0.2, 0) is 6.54 Å². The van der Waals surface area contributed by atoms with Gasteiger partial charge in [-0.1, -0.05) is 26.0 Å². The first-order valence-corrected chi connectivity index (χ1v) is 7.42. The Balaban J connectivity index is 1.95. The lowest BCUT2D eigenvalue weighted by atomic mass is 9.99. The smallest absolute Gasteiger partial charge is 0.100 e. The molecule has 1 unspecified atom stereocenters. The van der Waals surface area contributed by atoms with Crippen molar-refractivity contribution in [2.45, 2.75) is 32.7 Å². The highest BCUT2D eigenvalue weighted by atomic mass is 32.1. The minimum atomic E-state index is 0.615. The molecule has 0 aliphatic carbocycles. The van der Waals surface area contributed by atoms with Gasteiger partial charge in [-0.25, -0.2) is 0 Å². The molecule has 2 nitrogen and oxygen atoms in total. The van der Waals surface area contributed by atoms with E-state index in [2.05, 4.69) is 49.5 Å². The molecule has 0 bridgehead atoms. The highest BCUT2D eigenvalue weighted by molar-refractivity contribution is 7.10. The number of hydrogen-bond acceptors (Lipinski definition) is 3. The summed E-state index contributed by atoms with van der Waals surface area (Å²) in [5, 5.41) is 14.1. The normalized spacial score (nSPS) is 11.8. The van der Waals surface area contributed by atoms with Gasteiger partial charge < -0.3 is 5.32 Å². The fourth-order valence-electron chi connectivity index (χ4n) is 1.89. The Labute approximate surface area is 118 Å². The van der Waals surface area contributed by atoms with Crippen LogP contribution in [0.2, 0.25) is 0 Å². The molecule has 19 heavy (non-hydrogen) atoms. The van der Waals surface area contributed by atoms with E-state index in [0.717, 1.165) is 17.8 Å². The lowest BCUT2D eigenvalue weighted by Crippen LogP contribution is -1.98. The zero-order chi connectivity index (χ0) is 13.7. The second-order valence-electron chi connectivity index (χ2n) is 4.70. The Morgan fingerprint density at radius 2 is 2.05 bits per heavy atom. The molecule has 0 saturated carbocycles. The van der Waals surface area contributed by atoms with Crippen molar-refractivity contribution in [2.24, 2.45) is 0 Å². The number of hydrogen-bond donors (Lipinski definition) is 1. The Hall–Kier alpha value is -1.79. The van der Waals surface area contributed by atoms with Gasteiger partial charge in [-0.05, 0) is 36.1 Å². The van der Waals surface area contributed by atoms with Crippen LogP contribution >= 0.6 is 11.3 Å². The zero-order valence-electron chi connectivity index (χ0n) is 11.3. The van der Waals surface area contributed by atoms with Crippen molar-refractivity contribution < 1.29 is 0 Å². The Kier molecular flexibility index (Phi) is 4.59. The Bertz CT molecular complexity index is 563. The molecule has 98 valence electrons. The van der Waals surface area contributed by atoms with Crippen LogP contribution < -0.4 is 5.32 Å². The number of anilines is 1. The van der Waals surface area contributed by atoms with E-state index in [0.29, 0.717) is 5.92 Å². The first kappa shape index (κ1) is 13.6. The maximum atomic E-state index is 8.78. The molecule has 1 aromatic carbocycles. The minimum absolute atomic E-state index is 0.615. The average molecular weight is 270 g/mol. The largest absolute Gasteiger partial charge is 0.380 e. The van der Waals surface area contributed by atoms with Crippen LogP contribution in [0.3, 0.4) is 0 Å². The first-order chi connectivity index (χ1) is 9.22. The molecule has 0 radical (unpaired) electrons. The van der Waals surface area contributed by atoms with Gasteiger partial charge in [0.1, 0.15) is 6.07 Å². The van der Waals surface area contributed by atoms with Crippen molar-refractivity contribution in [3.8, 4) is 6.07 Å². The van der Waals surface area contributed by atoms with Gasteiger partial charge in [0.2, 0.25) is 0 Å². The summed E-state index contributed by atoms with van der Waals surface area (Å²) in [4.78, 5) is 1.18. The van der Waals surface area contributed by atoms with E-state index in [1.807, 2.05) is 11.4 Å². The number of thiophene rings is 1. The quantitative estimate of drug-likeness (QED) is 0.851. The van der Waals surface area contributed by atoms with Crippen LogP contribution in [0.5, 0.6) is 0 Å². The first-order valence-electron chi connectivity index (χ1n) is 6.54. The SMILES string of the molecule is CCC(C)c1ccc(NCc2cc(C#N)cs2)cc1. The molecule has 2 rings (SSSR count). The summed E-state index contributed by atoms with van der Waals surface area (Å²) in [7, 11) is 0. The van der Waals surface area contributed by atoms with Crippen LogP contribution in [0.4, 0.5) is 5.69 Å². The van der Waals surface area contributed by atoms with Crippen molar-refractivity contribution in [3.63, 3.8) is 0 Å². The fourth-order valence-corrected chi connectivity index (χ4v) is 2.64. The maximum absolute atomic E-state index is 8.78. The van der Waals surface area contributed by atoms with E-state index in [4.69, 9.17) is 5.26 Å². The summed E-state index contributed by atoms with van der Waals surface area (Å²) in [5.41, 5.74) is 3.25. The third kappa shape index (κ3) is 3.59. The number of benzene rings is 1. The van der Waals surface area contributed by atoms with Crippen molar-refractivity contribution >= 4 is 17.0 Å². The molecular formula is C16H18N2S. The third-order valence-corrected chi connectivity index (χ3v) is 4.28. The van der Waals surface area contributed by atoms with E-state index >= 15 is 0 Å². The molecule has 0 amide bonds. The molecule has 1 atom stereocenters. The summed E-state index contributed by atoms with van der Waals surface area (Å²) in [6.07, 6.45) is 1.17. The van der Waals surface area contributed by atoms with E-state index in [1.54, 1.807) is 11.3 Å². The molecule has 1 heterocycles. The summed E-state index contributed by atoms with van der Waals surface area (Å²) < 4.78 is 0. The van der Waals surface area contributed by atoms with Gasteiger partial charge >= 0.3 is 0 Å². The maximum Gasteiger partial charge on any atom is 0.100 e. The number of nitrogens with zero attached hydrogens (tertiary/aromatic N) is 1. The van der Waals surface area contributed by atoms with E-state index < -0.39 is 0 Å². The lowest BCUT2D eigenvalue weighted by Gasteiger charge is -2.10. The van der Waals surface area contributed by atoms with E-state index in [-0.39, 0.29) is 0 Å². The van der Waals surface area contributed by atoms with Gasteiger partial charge in [-0.3, -0.25) is 0 Å². The van der Waals surface area contributed by atoms with Crippen LogP contribution in [-0.4, -0.2) is 0 Å². The van der Waals surface area contributed by atoms with Gasteiger partial charge in [0.15, 0.2) is 0 Å². The third-order valence-electron chi connectivity index (χ3n) is 3.34. The van der Waals surface area contributed by atoms with Gasteiger partial charge in [0, 0.05) is 22.5 Å². The molecule has 1 N–H and O–H groups in total. The molecule has 0 fully saturated rings. The minimum Gasteiger partial charge on any atom is -0.380 e. The second kappa shape index (κ2) is 6.40. The fraction of sp³-hybridized carbons (Fsp3) is 0.312. The monoisotopic (exact) mass is 270 g/mol. The molecule has 2 aromatic rings. The van der Waals surface area contributed by atoms with Gasteiger partial charge in [-0.15, -0.1) is 11.3 Å². The van der Waals surface area contributed by atoms with Gasteiger partial charge in [0.05, 0.1) is 5.56 Å². The number of rotatable bonds is 5. The van der Waals surface area contributed by atoms with Crippen LogP contribution in [0, 0.1) is 11.3 Å². The van der Waals surface area contributed by atoms with Crippen LogP contribution in [0.1, 0.15) is 42.2 Å². The zero-order valence-corrected chi connectivity index (χ0v) is 12.1. The Morgan fingerprint density at radius 3 is 2.63 bits per heavy atom. The topological polar surface area (TPSA) is 35.8 Å². The van der Waals surface area contributed by atoms with E-state index in [9.17, 15) is 0 Å². The molecule has 0 spiro atoms. The van der Waals surface area contributed by atoms with Crippen LogP contribution in [0.15, 0.2) is 35.7 Å².